The Hall–Kier alpha value is -2.45. The number of ether oxygens (including phenoxy) is 4. The molecular formula is C17H19NO6S. The zero-order chi connectivity index (χ0) is 17.9. The van der Waals surface area contributed by atoms with E-state index >= 15 is 0 Å². The van der Waals surface area contributed by atoms with Crippen molar-refractivity contribution < 1.29 is 27.4 Å². The summed E-state index contributed by atoms with van der Waals surface area (Å²) in [4.78, 5) is 0.110. The van der Waals surface area contributed by atoms with Crippen LogP contribution in [-0.2, 0) is 16.6 Å². The molecular weight excluding hydrogens is 346 g/mol. The molecule has 0 radical (unpaired) electrons. The minimum Gasteiger partial charge on any atom is -0.497 e. The molecule has 0 bridgehead atoms. The predicted molar refractivity (Wildman–Crippen MR) is 91.0 cm³/mol. The predicted octanol–water partition coefficient (Wildman–Crippen LogP) is 1.95. The van der Waals surface area contributed by atoms with E-state index in [0.29, 0.717) is 41.8 Å². The number of nitrogens with one attached hydrogen (secondary N) is 1. The van der Waals surface area contributed by atoms with Crippen LogP contribution in [0.5, 0.6) is 23.0 Å². The molecule has 25 heavy (non-hydrogen) atoms. The molecule has 134 valence electrons. The van der Waals surface area contributed by atoms with E-state index < -0.39 is 10.0 Å². The molecule has 0 amide bonds. The standard InChI is InChI=1S/C17H19NO6S/c1-21-13-3-5-15(22-2)12(9-13)11-18-25(19,20)14-4-6-16-17(10-14)24-8-7-23-16/h3-6,9-10,18H,7-8,11H2,1-2H3. The van der Waals surface area contributed by atoms with Gasteiger partial charge in [0, 0.05) is 18.2 Å². The van der Waals surface area contributed by atoms with E-state index in [0.717, 1.165) is 0 Å². The first-order valence-electron chi connectivity index (χ1n) is 7.64. The second-order valence-corrected chi connectivity index (χ2v) is 7.07. The highest BCUT2D eigenvalue weighted by molar-refractivity contribution is 7.89. The van der Waals surface area contributed by atoms with E-state index in [1.807, 2.05) is 0 Å². The van der Waals surface area contributed by atoms with E-state index in [4.69, 9.17) is 18.9 Å². The van der Waals surface area contributed by atoms with Crippen LogP contribution in [0.15, 0.2) is 41.3 Å². The molecule has 1 heterocycles. The number of methoxy groups -OCH3 is 2. The Kier molecular flexibility index (Phi) is 5.00. The molecule has 0 saturated carbocycles. The maximum atomic E-state index is 12.6. The average molecular weight is 365 g/mol. The maximum Gasteiger partial charge on any atom is 0.241 e. The van der Waals surface area contributed by atoms with Gasteiger partial charge < -0.3 is 18.9 Å². The third-order valence-electron chi connectivity index (χ3n) is 3.76. The van der Waals surface area contributed by atoms with Gasteiger partial charge in [-0.25, -0.2) is 13.1 Å². The lowest BCUT2D eigenvalue weighted by Gasteiger charge is -2.19. The molecule has 0 atom stereocenters. The molecule has 1 aliphatic rings. The normalized spacial score (nSPS) is 13.4. The van der Waals surface area contributed by atoms with Crippen molar-refractivity contribution in [1.82, 2.24) is 4.72 Å². The van der Waals surface area contributed by atoms with Crippen molar-refractivity contribution in [1.29, 1.82) is 0 Å². The Balaban J connectivity index is 1.80. The summed E-state index contributed by atoms with van der Waals surface area (Å²) < 4.78 is 49.0. The zero-order valence-electron chi connectivity index (χ0n) is 13.9. The number of benzene rings is 2. The van der Waals surface area contributed by atoms with Crippen molar-refractivity contribution >= 4 is 10.0 Å². The molecule has 3 rings (SSSR count). The summed E-state index contributed by atoms with van der Waals surface area (Å²) in [5.74, 6) is 2.16. The quantitative estimate of drug-likeness (QED) is 0.843. The van der Waals surface area contributed by atoms with Gasteiger partial charge in [0.2, 0.25) is 10.0 Å². The largest absolute Gasteiger partial charge is 0.497 e. The number of sulfonamides is 1. The van der Waals surface area contributed by atoms with Crippen molar-refractivity contribution in [2.45, 2.75) is 11.4 Å². The minimum atomic E-state index is -3.72. The van der Waals surface area contributed by atoms with E-state index in [1.54, 1.807) is 31.4 Å². The number of hydrogen-bond acceptors (Lipinski definition) is 6. The fourth-order valence-electron chi connectivity index (χ4n) is 2.47. The first kappa shape index (κ1) is 17.4. The van der Waals surface area contributed by atoms with Crippen LogP contribution in [0.1, 0.15) is 5.56 Å². The molecule has 0 aliphatic carbocycles. The Morgan fingerprint density at radius 2 is 1.76 bits per heavy atom. The SMILES string of the molecule is COc1ccc(OC)c(CNS(=O)(=O)c2ccc3c(c2)OCCO3)c1. The Morgan fingerprint density at radius 3 is 2.48 bits per heavy atom. The summed E-state index contributed by atoms with van der Waals surface area (Å²) in [5, 5.41) is 0. The molecule has 1 aliphatic heterocycles. The van der Waals surface area contributed by atoms with Gasteiger partial charge in [-0.2, -0.15) is 0 Å². The summed E-state index contributed by atoms with van der Waals surface area (Å²) in [6, 6.07) is 9.74. The van der Waals surface area contributed by atoms with Crippen LogP contribution in [0.2, 0.25) is 0 Å². The summed E-state index contributed by atoms with van der Waals surface area (Å²) in [7, 11) is -0.643. The fraction of sp³-hybridized carbons (Fsp3) is 0.294. The molecule has 0 saturated heterocycles. The van der Waals surface area contributed by atoms with Gasteiger partial charge in [-0.15, -0.1) is 0 Å². The number of hydrogen-bond donors (Lipinski definition) is 1. The maximum absolute atomic E-state index is 12.6. The molecule has 1 N–H and O–H groups in total. The molecule has 2 aromatic rings. The summed E-state index contributed by atoms with van der Waals surface area (Å²) in [6.45, 7) is 0.912. The van der Waals surface area contributed by atoms with Crippen molar-refractivity contribution in [3.63, 3.8) is 0 Å². The second kappa shape index (κ2) is 7.20. The van der Waals surface area contributed by atoms with Crippen molar-refractivity contribution in [2.75, 3.05) is 27.4 Å². The van der Waals surface area contributed by atoms with Gasteiger partial charge in [-0.3, -0.25) is 0 Å². The van der Waals surface area contributed by atoms with Crippen LogP contribution in [0.25, 0.3) is 0 Å². The second-order valence-electron chi connectivity index (χ2n) is 5.31. The number of fused-ring (bicyclic) bond motifs is 1. The third-order valence-corrected chi connectivity index (χ3v) is 5.16. The minimum absolute atomic E-state index is 0.0666. The molecule has 2 aromatic carbocycles. The first-order valence-corrected chi connectivity index (χ1v) is 9.12. The van der Waals surface area contributed by atoms with E-state index in [-0.39, 0.29) is 11.4 Å². The van der Waals surface area contributed by atoms with Gasteiger partial charge in [0.15, 0.2) is 11.5 Å². The van der Waals surface area contributed by atoms with Gasteiger partial charge in [0.25, 0.3) is 0 Å². The monoisotopic (exact) mass is 365 g/mol. The van der Waals surface area contributed by atoms with Crippen LogP contribution < -0.4 is 23.7 Å². The topological polar surface area (TPSA) is 83.1 Å². The lowest BCUT2D eigenvalue weighted by atomic mass is 10.2. The van der Waals surface area contributed by atoms with Gasteiger partial charge in [-0.05, 0) is 30.3 Å². The number of rotatable bonds is 6. The highest BCUT2D eigenvalue weighted by atomic mass is 32.2. The molecule has 0 fully saturated rings. The van der Waals surface area contributed by atoms with Crippen LogP contribution in [0.4, 0.5) is 0 Å². The molecule has 0 spiro atoms. The lowest BCUT2D eigenvalue weighted by Crippen LogP contribution is -2.24. The molecule has 7 nitrogen and oxygen atoms in total. The van der Waals surface area contributed by atoms with Gasteiger partial charge in [0.1, 0.15) is 24.7 Å². The Morgan fingerprint density at radius 1 is 1.00 bits per heavy atom. The Labute approximate surface area is 146 Å². The third kappa shape index (κ3) is 3.80. The van der Waals surface area contributed by atoms with E-state index in [1.165, 1.54) is 19.2 Å². The van der Waals surface area contributed by atoms with Gasteiger partial charge in [0.05, 0.1) is 19.1 Å². The highest BCUT2D eigenvalue weighted by Crippen LogP contribution is 2.32. The van der Waals surface area contributed by atoms with Crippen molar-refractivity contribution in [3.05, 3.63) is 42.0 Å². The van der Waals surface area contributed by atoms with Crippen LogP contribution >= 0.6 is 0 Å². The molecule has 0 aromatic heterocycles. The van der Waals surface area contributed by atoms with Gasteiger partial charge >= 0.3 is 0 Å². The fourth-order valence-corrected chi connectivity index (χ4v) is 3.49. The van der Waals surface area contributed by atoms with Gasteiger partial charge in [-0.1, -0.05) is 0 Å². The average Bonchev–Trinajstić information content (AvgIpc) is 2.65. The van der Waals surface area contributed by atoms with E-state index in [9.17, 15) is 8.42 Å². The summed E-state index contributed by atoms with van der Waals surface area (Å²) in [6.07, 6.45) is 0. The summed E-state index contributed by atoms with van der Waals surface area (Å²) in [5.41, 5.74) is 0.669. The molecule has 8 heteroatoms. The highest BCUT2D eigenvalue weighted by Gasteiger charge is 2.20. The lowest BCUT2D eigenvalue weighted by molar-refractivity contribution is 0.171. The smallest absolute Gasteiger partial charge is 0.241 e. The van der Waals surface area contributed by atoms with Crippen molar-refractivity contribution in [3.8, 4) is 23.0 Å². The van der Waals surface area contributed by atoms with E-state index in [2.05, 4.69) is 4.72 Å². The van der Waals surface area contributed by atoms with Crippen LogP contribution in [0.3, 0.4) is 0 Å². The summed E-state index contributed by atoms with van der Waals surface area (Å²) >= 11 is 0. The molecule has 0 unspecified atom stereocenters. The first-order chi connectivity index (χ1) is 12.0. The van der Waals surface area contributed by atoms with Crippen LogP contribution in [-0.4, -0.2) is 35.9 Å². The Bertz CT molecular complexity index is 865. The van der Waals surface area contributed by atoms with Crippen LogP contribution in [0, 0.1) is 0 Å². The van der Waals surface area contributed by atoms with Crippen molar-refractivity contribution in [2.24, 2.45) is 0 Å². The zero-order valence-corrected chi connectivity index (χ0v) is 14.8.